The summed E-state index contributed by atoms with van der Waals surface area (Å²) in [5.74, 6) is -1.63. The average Bonchev–Trinajstić information content (AvgIpc) is 3.23. The molecule has 168 valence electrons. The number of fused-ring (bicyclic) bond motifs is 1. The summed E-state index contributed by atoms with van der Waals surface area (Å²) < 4.78 is 31.1. The summed E-state index contributed by atoms with van der Waals surface area (Å²) in [7, 11) is -2.80. The van der Waals surface area contributed by atoms with Crippen molar-refractivity contribution in [2.75, 3.05) is 18.9 Å². The van der Waals surface area contributed by atoms with Gasteiger partial charge in [-0.2, -0.15) is 4.31 Å². The molecule has 1 unspecified atom stereocenters. The van der Waals surface area contributed by atoms with Crippen LogP contribution in [0.25, 0.3) is 11.2 Å². The van der Waals surface area contributed by atoms with Crippen molar-refractivity contribution in [1.82, 2.24) is 24.2 Å². The summed E-state index contributed by atoms with van der Waals surface area (Å²) in [6.45, 7) is 2.09. The molecule has 1 aromatic carbocycles. The summed E-state index contributed by atoms with van der Waals surface area (Å²) in [4.78, 5) is 50.5. The van der Waals surface area contributed by atoms with E-state index < -0.39 is 34.5 Å². The van der Waals surface area contributed by atoms with Crippen molar-refractivity contribution in [3.63, 3.8) is 0 Å². The fraction of sp³-hybridized carbons (Fsp3) is 0.263. The Morgan fingerprint density at radius 2 is 1.84 bits per heavy atom. The van der Waals surface area contributed by atoms with Crippen molar-refractivity contribution >= 4 is 44.7 Å². The van der Waals surface area contributed by atoms with Crippen molar-refractivity contribution in [2.45, 2.75) is 24.8 Å². The zero-order valence-corrected chi connectivity index (χ0v) is 18.2. The molecule has 0 saturated heterocycles. The van der Waals surface area contributed by atoms with Gasteiger partial charge < -0.3 is 15.0 Å². The molecule has 32 heavy (non-hydrogen) atoms. The molecular weight excluding hydrogens is 440 g/mol. The highest BCUT2D eigenvalue weighted by Gasteiger charge is 2.26. The van der Waals surface area contributed by atoms with Crippen LogP contribution in [0, 0.1) is 0 Å². The molecule has 1 atom stereocenters. The number of ketones is 1. The van der Waals surface area contributed by atoms with E-state index >= 15 is 0 Å². The molecule has 2 aromatic heterocycles. The van der Waals surface area contributed by atoms with Gasteiger partial charge in [0.15, 0.2) is 23.4 Å². The van der Waals surface area contributed by atoms with Crippen molar-refractivity contribution in [2.24, 2.45) is 0 Å². The second-order valence-electron chi connectivity index (χ2n) is 6.79. The Balaban J connectivity index is 1.60. The number of H-pyrrole nitrogens is 1. The van der Waals surface area contributed by atoms with E-state index in [9.17, 15) is 22.8 Å². The highest BCUT2D eigenvalue weighted by atomic mass is 32.2. The van der Waals surface area contributed by atoms with Gasteiger partial charge in [0.1, 0.15) is 18.4 Å². The van der Waals surface area contributed by atoms with E-state index in [1.54, 1.807) is 0 Å². The second-order valence-corrected chi connectivity index (χ2v) is 8.83. The number of Topliss-reactive ketones (excluding diaryl/α,β-unsaturated/α-hetero) is 1. The lowest BCUT2D eigenvalue weighted by Gasteiger charge is -2.18. The molecule has 3 aromatic rings. The molecule has 0 radical (unpaired) electrons. The largest absolute Gasteiger partial charge is 0.452 e. The Kier molecular flexibility index (Phi) is 6.60. The van der Waals surface area contributed by atoms with Crippen LogP contribution in [-0.2, 0) is 24.3 Å². The number of benzene rings is 1. The maximum atomic E-state index is 12.6. The molecule has 0 aliphatic rings. The molecule has 12 nitrogen and oxygen atoms in total. The number of carbonyl (C=O) groups is 3. The lowest BCUT2D eigenvalue weighted by Crippen LogP contribution is -2.37. The van der Waals surface area contributed by atoms with Crippen molar-refractivity contribution in [3.8, 4) is 0 Å². The van der Waals surface area contributed by atoms with Gasteiger partial charge in [0.05, 0.1) is 11.2 Å². The van der Waals surface area contributed by atoms with Gasteiger partial charge in [-0.05, 0) is 26.0 Å². The van der Waals surface area contributed by atoms with Crippen LogP contribution < -0.4 is 5.32 Å². The van der Waals surface area contributed by atoms with Crippen LogP contribution in [0.3, 0.4) is 0 Å². The van der Waals surface area contributed by atoms with E-state index in [0.29, 0.717) is 16.7 Å². The first-order valence-corrected chi connectivity index (χ1v) is 10.8. The SMILES string of the molecule is CC(=O)c1ccc(S(=O)(=O)N(C)CC(=O)OC(C)C(=O)Nc2ncnc3nc[nH]c23)cc1. The van der Waals surface area contributed by atoms with Crippen LogP contribution in [0.15, 0.2) is 41.8 Å². The number of aromatic amines is 1. The molecule has 0 spiro atoms. The number of rotatable bonds is 8. The van der Waals surface area contributed by atoms with E-state index in [4.69, 9.17) is 4.74 Å². The zero-order chi connectivity index (χ0) is 23.5. The Morgan fingerprint density at radius 3 is 2.50 bits per heavy atom. The maximum absolute atomic E-state index is 12.6. The molecule has 0 bridgehead atoms. The van der Waals surface area contributed by atoms with Gasteiger partial charge in [0.2, 0.25) is 10.0 Å². The number of likely N-dealkylation sites (N-methyl/N-ethyl adjacent to an activating group) is 1. The van der Waals surface area contributed by atoms with Gasteiger partial charge in [-0.15, -0.1) is 0 Å². The fourth-order valence-corrected chi connectivity index (χ4v) is 3.79. The van der Waals surface area contributed by atoms with E-state index in [1.807, 2.05) is 0 Å². The number of aromatic nitrogens is 4. The number of anilines is 1. The van der Waals surface area contributed by atoms with E-state index in [1.165, 1.54) is 57.8 Å². The second kappa shape index (κ2) is 9.20. The summed E-state index contributed by atoms with van der Waals surface area (Å²) in [6.07, 6.45) is 1.39. The van der Waals surface area contributed by atoms with Crippen LogP contribution in [0.4, 0.5) is 5.82 Å². The van der Waals surface area contributed by atoms with Gasteiger partial charge in [-0.25, -0.2) is 23.4 Å². The Morgan fingerprint density at radius 1 is 1.16 bits per heavy atom. The van der Waals surface area contributed by atoms with Crippen LogP contribution in [-0.4, -0.2) is 70.0 Å². The van der Waals surface area contributed by atoms with Crippen LogP contribution >= 0.6 is 0 Å². The van der Waals surface area contributed by atoms with Gasteiger partial charge >= 0.3 is 5.97 Å². The van der Waals surface area contributed by atoms with Crippen LogP contribution in [0.1, 0.15) is 24.2 Å². The number of carbonyl (C=O) groups excluding carboxylic acids is 3. The summed E-state index contributed by atoms with van der Waals surface area (Å²) in [5.41, 5.74) is 1.12. The molecule has 2 heterocycles. The summed E-state index contributed by atoms with van der Waals surface area (Å²) in [5, 5.41) is 2.50. The van der Waals surface area contributed by atoms with Gasteiger partial charge in [0, 0.05) is 12.6 Å². The molecule has 0 aliphatic heterocycles. The van der Waals surface area contributed by atoms with Crippen LogP contribution in [0.5, 0.6) is 0 Å². The molecule has 3 rings (SSSR count). The van der Waals surface area contributed by atoms with E-state index in [-0.39, 0.29) is 16.5 Å². The Bertz CT molecular complexity index is 1270. The number of hydrogen-bond donors (Lipinski definition) is 2. The quantitative estimate of drug-likeness (QED) is 0.364. The molecule has 0 saturated carbocycles. The number of ether oxygens (including phenoxy) is 1. The lowest BCUT2D eigenvalue weighted by molar-refractivity contribution is -0.153. The molecule has 1 amide bonds. The molecule has 0 fully saturated rings. The van der Waals surface area contributed by atoms with Gasteiger partial charge in [-0.3, -0.25) is 14.4 Å². The average molecular weight is 460 g/mol. The van der Waals surface area contributed by atoms with Crippen molar-refractivity contribution in [3.05, 3.63) is 42.5 Å². The van der Waals surface area contributed by atoms with Gasteiger partial charge in [-0.1, -0.05) is 12.1 Å². The van der Waals surface area contributed by atoms with E-state index in [0.717, 1.165) is 4.31 Å². The third-order valence-corrected chi connectivity index (χ3v) is 6.28. The monoisotopic (exact) mass is 460 g/mol. The molecule has 13 heteroatoms. The normalized spacial score (nSPS) is 12.5. The van der Waals surface area contributed by atoms with E-state index in [2.05, 4.69) is 25.3 Å². The first-order chi connectivity index (χ1) is 15.1. The molecule has 2 N–H and O–H groups in total. The fourth-order valence-electron chi connectivity index (χ4n) is 2.67. The topological polar surface area (TPSA) is 164 Å². The number of hydrogen-bond acceptors (Lipinski definition) is 9. The predicted octanol–water partition coefficient (Wildman–Crippen LogP) is 0.746. The van der Waals surface area contributed by atoms with Gasteiger partial charge in [0.25, 0.3) is 5.91 Å². The number of nitrogens with zero attached hydrogens (tertiary/aromatic N) is 4. The highest BCUT2D eigenvalue weighted by molar-refractivity contribution is 7.89. The lowest BCUT2D eigenvalue weighted by atomic mass is 10.2. The number of sulfonamides is 1. The Hall–Kier alpha value is -3.71. The number of amides is 1. The minimum Gasteiger partial charge on any atom is -0.452 e. The zero-order valence-electron chi connectivity index (χ0n) is 17.4. The number of imidazole rings is 1. The highest BCUT2D eigenvalue weighted by Crippen LogP contribution is 2.17. The third-order valence-electron chi connectivity index (χ3n) is 4.46. The number of esters is 1. The standard InChI is InChI=1S/C19H20N6O6S/c1-11(26)13-4-6-14(7-5-13)32(29,30)25(3)8-15(27)31-12(2)19(28)24-18-16-17(21-9-20-16)22-10-23-18/h4-7,9-10,12H,8H2,1-3H3,(H2,20,21,22,23,24,28). The first-order valence-electron chi connectivity index (χ1n) is 9.31. The summed E-state index contributed by atoms with van der Waals surface area (Å²) in [6, 6.07) is 5.33. The van der Waals surface area contributed by atoms with Crippen molar-refractivity contribution in [1.29, 1.82) is 0 Å². The first kappa shape index (κ1) is 23.0. The molecule has 0 aliphatic carbocycles. The van der Waals surface area contributed by atoms with Crippen molar-refractivity contribution < 1.29 is 27.5 Å². The number of nitrogens with one attached hydrogen (secondary N) is 2. The van der Waals surface area contributed by atoms with Crippen LogP contribution in [0.2, 0.25) is 0 Å². The summed E-state index contributed by atoms with van der Waals surface area (Å²) >= 11 is 0. The minimum absolute atomic E-state index is 0.0871. The Labute approximate surface area is 183 Å². The molecular formula is C19H20N6O6S. The third kappa shape index (κ3) is 4.95. The smallest absolute Gasteiger partial charge is 0.322 e. The minimum atomic E-state index is -4.01. The predicted molar refractivity (Wildman–Crippen MR) is 112 cm³/mol. The maximum Gasteiger partial charge on any atom is 0.322 e.